The van der Waals surface area contributed by atoms with Crippen molar-refractivity contribution in [2.45, 2.75) is 59.2 Å². The second kappa shape index (κ2) is 11.6. The maximum atomic E-state index is 8.78. The van der Waals surface area contributed by atoms with Crippen molar-refractivity contribution in [1.82, 2.24) is 0 Å². The first-order valence-electron chi connectivity index (χ1n) is 7.38. The van der Waals surface area contributed by atoms with Gasteiger partial charge in [-0.15, -0.1) is 0 Å². The average molecular weight is 276 g/mol. The number of aliphatic hydroxyl groups is 1. The standard InChI is InChI=1S/C12H24O3.C3H8O/c1-12(2,7-5-8-13)10-15-11-6-3-4-9-14-11;1-3-4-2/h11,13H,3-10H2,1-2H3;3H2,1-2H3. The molecule has 4 nitrogen and oxygen atoms in total. The van der Waals surface area contributed by atoms with Crippen LogP contribution in [0.2, 0.25) is 0 Å². The lowest BCUT2D eigenvalue weighted by atomic mass is 9.89. The molecule has 1 saturated heterocycles. The van der Waals surface area contributed by atoms with E-state index >= 15 is 0 Å². The van der Waals surface area contributed by atoms with Gasteiger partial charge in [-0.3, -0.25) is 0 Å². The van der Waals surface area contributed by atoms with Crippen molar-refractivity contribution >= 4 is 0 Å². The van der Waals surface area contributed by atoms with Gasteiger partial charge in [-0.05, 0) is 44.4 Å². The third kappa shape index (κ3) is 11.4. The van der Waals surface area contributed by atoms with Crippen LogP contribution in [-0.4, -0.2) is 44.9 Å². The molecule has 4 heteroatoms. The molecule has 0 aromatic rings. The molecule has 116 valence electrons. The maximum Gasteiger partial charge on any atom is 0.157 e. The normalized spacial score (nSPS) is 19.7. The van der Waals surface area contributed by atoms with Crippen LogP contribution in [0.1, 0.15) is 52.9 Å². The van der Waals surface area contributed by atoms with E-state index in [1.165, 1.54) is 6.42 Å². The third-order valence-corrected chi connectivity index (χ3v) is 3.10. The molecule has 1 heterocycles. The van der Waals surface area contributed by atoms with Crippen molar-refractivity contribution < 1.29 is 19.3 Å². The summed E-state index contributed by atoms with van der Waals surface area (Å²) >= 11 is 0. The van der Waals surface area contributed by atoms with Gasteiger partial charge < -0.3 is 19.3 Å². The van der Waals surface area contributed by atoms with E-state index in [4.69, 9.17) is 14.6 Å². The lowest BCUT2D eigenvalue weighted by molar-refractivity contribution is -0.176. The minimum absolute atomic E-state index is 0.00662. The molecule has 0 aliphatic carbocycles. The van der Waals surface area contributed by atoms with E-state index in [1.807, 2.05) is 6.92 Å². The van der Waals surface area contributed by atoms with Crippen molar-refractivity contribution in [3.05, 3.63) is 0 Å². The zero-order valence-electron chi connectivity index (χ0n) is 13.1. The summed E-state index contributed by atoms with van der Waals surface area (Å²) in [6, 6.07) is 0. The summed E-state index contributed by atoms with van der Waals surface area (Å²) in [5.74, 6) is 0. The van der Waals surface area contributed by atoms with Crippen LogP contribution in [0.3, 0.4) is 0 Å². The van der Waals surface area contributed by atoms with Gasteiger partial charge in [0.05, 0.1) is 6.61 Å². The second-order valence-electron chi connectivity index (χ2n) is 5.68. The van der Waals surface area contributed by atoms with E-state index < -0.39 is 0 Å². The van der Waals surface area contributed by atoms with Crippen LogP contribution in [0.25, 0.3) is 0 Å². The number of ether oxygens (including phenoxy) is 3. The first kappa shape index (κ1) is 18.8. The number of aliphatic hydroxyl groups excluding tert-OH is 1. The van der Waals surface area contributed by atoms with Gasteiger partial charge in [0.15, 0.2) is 6.29 Å². The molecule has 0 spiro atoms. The summed E-state index contributed by atoms with van der Waals surface area (Å²) < 4.78 is 15.8. The molecule has 19 heavy (non-hydrogen) atoms. The Kier molecular flexibility index (Phi) is 11.6. The van der Waals surface area contributed by atoms with Gasteiger partial charge in [0.25, 0.3) is 0 Å². The summed E-state index contributed by atoms with van der Waals surface area (Å²) in [5.41, 5.74) is 0.142. The lowest BCUT2D eigenvalue weighted by Gasteiger charge is -2.29. The number of hydrogen-bond donors (Lipinski definition) is 1. The van der Waals surface area contributed by atoms with E-state index in [0.717, 1.165) is 45.5 Å². The Balaban J connectivity index is 0.000000711. The van der Waals surface area contributed by atoms with Gasteiger partial charge in [0, 0.05) is 26.9 Å². The number of hydrogen-bond acceptors (Lipinski definition) is 4. The van der Waals surface area contributed by atoms with Crippen LogP contribution in [0, 0.1) is 5.41 Å². The van der Waals surface area contributed by atoms with Gasteiger partial charge in [0.1, 0.15) is 0 Å². The summed E-state index contributed by atoms with van der Waals surface area (Å²) in [6.07, 6.45) is 5.25. The zero-order chi connectivity index (χ0) is 14.6. The molecule has 1 rings (SSSR count). The Hall–Kier alpha value is -0.160. The molecule has 1 aliphatic rings. The molecular formula is C15H32O4. The van der Waals surface area contributed by atoms with Gasteiger partial charge >= 0.3 is 0 Å². The molecule has 0 aromatic carbocycles. The Bertz CT molecular complexity index is 187. The second-order valence-corrected chi connectivity index (χ2v) is 5.68. The van der Waals surface area contributed by atoms with Crippen LogP contribution in [0.4, 0.5) is 0 Å². The monoisotopic (exact) mass is 276 g/mol. The van der Waals surface area contributed by atoms with E-state index in [1.54, 1.807) is 7.11 Å². The summed E-state index contributed by atoms with van der Waals surface area (Å²) in [6.45, 7) is 8.94. The molecule has 1 fully saturated rings. The molecule has 0 radical (unpaired) electrons. The molecule has 1 unspecified atom stereocenters. The van der Waals surface area contributed by atoms with Gasteiger partial charge in [0.2, 0.25) is 0 Å². The fourth-order valence-corrected chi connectivity index (χ4v) is 1.79. The highest BCUT2D eigenvalue weighted by molar-refractivity contribution is 4.68. The molecule has 0 bridgehead atoms. The maximum absolute atomic E-state index is 8.78. The topological polar surface area (TPSA) is 47.9 Å². The fourth-order valence-electron chi connectivity index (χ4n) is 1.79. The summed E-state index contributed by atoms with van der Waals surface area (Å²) in [7, 11) is 1.68. The molecular weight excluding hydrogens is 244 g/mol. The van der Waals surface area contributed by atoms with Gasteiger partial charge in [-0.1, -0.05) is 13.8 Å². The molecule has 0 aromatic heterocycles. The van der Waals surface area contributed by atoms with E-state index in [-0.39, 0.29) is 18.3 Å². The highest BCUT2D eigenvalue weighted by Crippen LogP contribution is 2.24. The van der Waals surface area contributed by atoms with Crippen molar-refractivity contribution in [2.24, 2.45) is 5.41 Å². The van der Waals surface area contributed by atoms with Crippen LogP contribution in [0.5, 0.6) is 0 Å². The molecule has 1 aliphatic heterocycles. The Morgan fingerprint density at radius 3 is 2.47 bits per heavy atom. The van der Waals surface area contributed by atoms with Gasteiger partial charge in [-0.25, -0.2) is 0 Å². The van der Waals surface area contributed by atoms with E-state index in [0.29, 0.717) is 0 Å². The molecule has 1 N–H and O–H groups in total. The average Bonchev–Trinajstić information content (AvgIpc) is 2.44. The molecule has 0 amide bonds. The van der Waals surface area contributed by atoms with Crippen LogP contribution in [-0.2, 0) is 14.2 Å². The third-order valence-electron chi connectivity index (χ3n) is 3.10. The number of rotatable bonds is 7. The highest BCUT2D eigenvalue weighted by Gasteiger charge is 2.21. The Morgan fingerprint density at radius 1 is 1.32 bits per heavy atom. The predicted molar refractivity (Wildman–Crippen MR) is 77.2 cm³/mol. The SMILES string of the molecule is CC(C)(CCCO)COC1CCCCO1.CCOC. The number of methoxy groups -OCH3 is 1. The lowest BCUT2D eigenvalue weighted by Crippen LogP contribution is -2.28. The summed E-state index contributed by atoms with van der Waals surface area (Å²) in [5, 5.41) is 8.78. The minimum atomic E-state index is 0.00662. The molecule has 0 saturated carbocycles. The van der Waals surface area contributed by atoms with Crippen molar-refractivity contribution in [3.63, 3.8) is 0 Å². The van der Waals surface area contributed by atoms with Crippen LogP contribution >= 0.6 is 0 Å². The van der Waals surface area contributed by atoms with Crippen molar-refractivity contribution in [2.75, 3.05) is 33.5 Å². The fraction of sp³-hybridized carbons (Fsp3) is 1.00. The molecule has 1 atom stereocenters. The minimum Gasteiger partial charge on any atom is -0.396 e. The first-order valence-corrected chi connectivity index (χ1v) is 7.38. The first-order chi connectivity index (χ1) is 9.05. The Morgan fingerprint density at radius 2 is 2.00 bits per heavy atom. The largest absolute Gasteiger partial charge is 0.396 e. The van der Waals surface area contributed by atoms with Crippen LogP contribution in [0.15, 0.2) is 0 Å². The predicted octanol–water partition coefficient (Wildman–Crippen LogP) is 2.98. The highest BCUT2D eigenvalue weighted by atomic mass is 16.7. The van der Waals surface area contributed by atoms with Crippen LogP contribution < -0.4 is 0 Å². The van der Waals surface area contributed by atoms with Crippen molar-refractivity contribution in [3.8, 4) is 0 Å². The van der Waals surface area contributed by atoms with E-state index in [9.17, 15) is 0 Å². The van der Waals surface area contributed by atoms with Crippen molar-refractivity contribution in [1.29, 1.82) is 0 Å². The quantitative estimate of drug-likeness (QED) is 0.776. The zero-order valence-corrected chi connectivity index (χ0v) is 13.1. The van der Waals surface area contributed by atoms with Gasteiger partial charge in [-0.2, -0.15) is 0 Å². The Labute approximate surface area is 118 Å². The summed E-state index contributed by atoms with van der Waals surface area (Å²) in [4.78, 5) is 0. The smallest absolute Gasteiger partial charge is 0.157 e. The van der Waals surface area contributed by atoms with E-state index in [2.05, 4.69) is 18.6 Å².